The van der Waals surface area contributed by atoms with Crippen LogP contribution in [0.5, 0.6) is 0 Å². The Balaban J connectivity index is 1.71. The van der Waals surface area contributed by atoms with Crippen molar-refractivity contribution in [1.82, 2.24) is 0 Å². The van der Waals surface area contributed by atoms with Crippen molar-refractivity contribution in [2.24, 2.45) is 0 Å². The topological polar surface area (TPSA) is 77.4 Å². The number of fused-ring (bicyclic) bond motifs is 1. The van der Waals surface area contributed by atoms with Gasteiger partial charge in [0, 0.05) is 0 Å². The lowest BCUT2D eigenvalue weighted by atomic mass is 10.1. The van der Waals surface area contributed by atoms with Gasteiger partial charge in [0.2, 0.25) is 0 Å². The van der Waals surface area contributed by atoms with Gasteiger partial charge >= 0.3 is 0 Å². The third kappa shape index (κ3) is 3.17. The van der Waals surface area contributed by atoms with Crippen molar-refractivity contribution in [3.63, 3.8) is 0 Å². The molecule has 0 saturated carbocycles. The highest BCUT2D eigenvalue weighted by Crippen LogP contribution is 2.39. The molecule has 2 fully saturated rings. The Hall–Kier alpha value is -1.02. The van der Waals surface area contributed by atoms with Crippen molar-refractivity contribution in [2.75, 3.05) is 6.61 Å². The maximum Gasteiger partial charge on any atom is 0.190 e. The summed E-state index contributed by atoms with van der Waals surface area (Å²) in [6.45, 7) is 3.58. The molecular weight excluding hydrogens is 288 g/mol. The molecule has 5 atom stereocenters. The van der Waals surface area contributed by atoms with Gasteiger partial charge in [0.25, 0.3) is 0 Å². The van der Waals surface area contributed by atoms with Crippen LogP contribution in [0.2, 0.25) is 0 Å². The minimum absolute atomic E-state index is 0.372. The Bertz CT molecular complexity index is 491. The highest BCUT2D eigenvalue weighted by molar-refractivity contribution is 5.13. The zero-order valence-electron chi connectivity index (χ0n) is 12.7. The summed E-state index contributed by atoms with van der Waals surface area (Å²) in [5.74, 6) is -0.751. The lowest BCUT2D eigenvalue weighted by Crippen LogP contribution is -2.44. The fourth-order valence-electron chi connectivity index (χ4n) is 2.87. The van der Waals surface area contributed by atoms with Gasteiger partial charge in [0.15, 0.2) is 12.1 Å². The summed E-state index contributed by atoms with van der Waals surface area (Å²) in [7, 11) is 0. The van der Waals surface area contributed by atoms with E-state index in [4.69, 9.17) is 18.9 Å². The Morgan fingerprint density at radius 1 is 1.23 bits per heavy atom. The molecule has 122 valence electrons. The first-order valence-electron chi connectivity index (χ1n) is 7.46. The third-order valence-corrected chi connectivity index (χ3v) is 3.88. The fourth-order valence-corrected chi connectivity index (χ4v) is 2.87. The average Bonchev–Trinajstić information content (AvgIpc) is 2.97. The summed E-state index contributed by atoms with van der Waals surface area (Å²) in [5.41, 5.74) is 1.02. The van der Waals surface area contributed by atoms with E-state index in [1.807, 2.05) is 30.3 Å². The molecule has 2 saturated heterocycles. The molecule has 2 aliphatic rings. The number of rotatable bonds is 5. The SMILES string of the molecule is CC1(C)O[C@H]2OC(C(O)CO)[C@@H](OCc3ccccc3)[C@H]2O1. The summed E-state index contributed by atoms with van der Waals surface area (Å²) < 4.78 is 23.1. The maximum atomic E-state index is 9.94. The van der Waals surface area contributed by atoms with Crippen LogP contribution in [0.15, 0.2) is 30.3 Å². The summed E-state index contributed by atoms with van der Waals surface area (Å²) in [6, 6.07) is 9.73. The Labute approximate surface area is 129 Å². The van der Waals surface area contributed by atoms with Crippen molar-refractivity contribution < 1.29 is 29.2 Å². The molecule has 0 amide bonds. The summed E-state index contributed by atoms with van der Waals surface area (Å²) >= 11 is 0. The maximum absolute atomic E-state index is 9.94. The highest BCUT2D eigenvalue weighted by atomic mass is 16.8. The van der Waals surface area contributed by atoms with E-state index in [1.54, 1.807) is 13.8 Å². The van der Waals surface area contributed by atoms with Gasteiger partial charge in [-0.1, -0.05) is 30.3 Å². The number of aliphatic hydroxyl groups is 2. The molecule has 1 aromatic rings. The second kappa shape index (κ2) is 6.23. The van der Waals surface area contributed by atoms with Crippen LogP contribution in [0, 0.1) is 0 Å². The minimum Gasteiger partial charge on any atom is -0.394 e. The monoisotopic (exact) mass is 310 g/mol. The van der Waals surface area contributed by atoms with Crippen LogP contribution in [0.4, 0.5) is 0 Å². The molecule has 0 spiro atoms. The lowest BCUT2D eigenvalue weighted by Gasteiger charge is -2.28. The van der Waals surface area contributed by atoms with E-state index in [2.05, 4.69) is 0 Å². The van der Waals surface area contributed by atoms with Crippen molar-refractivity contribution in [2.45, 2.75) is 56.9 Å². The molecule has 0 aliphatic carbocycles. The molecule has 1 aromatic carbocycles. The van der Waals surface area contributed by atoms with Crippen LogP contribution >= 0.6 is 0 Å². The number of ether oxygens (including phenoxy) is 4. The quantitative estimate of drug-likeness (QED) is 0.838. The first-order valence-corrected chi connectivity index (χ1v) is 7.46. The Morgan fingerprint density at radius 3 is 2.64 bits per heavy atom. The Morgan fingerprint density at radius 2 is 1.95 bits per heavy atom. The van der Waals surface area contributed by atoms with Crippen molar-refractivity contribution >= 4 is 0 Å². The molecule has 2 unspecified atom stereocenters. The standard InChI is InChI=1S/C16H22O6/c1-16(2)21-14-13(19-9-10-6-4-3-5-7-10)12(11(18)8-17)20-15(14)22-16/h3-7,11-15,17-18H,8-9H2,1-2H3/t11?,12?,13-,14-,15-/m1/s1. The largest absolute Gasteiger partial charge is 0.394 e. The average molecular weight is 310 g/mol. The second-order valence-corrected chi connectivity index (χ2v) is 6.08. The van der Waals surface area contributed by atoms with Gasteiger partial charge in [-0.25, -0.2) is 0 Å². The van der Waals surface area contributed by atoms with E-state index in [9.17, 15) is 10.2 Å². The van der Waals surface area contributed by atoms with E-state index >= 15 is 0 Å². The zero-order chi connectivity index (χ0) is 15.7. The van der Waals surface area contributed by atoms with Gasteiger partial charge in [-0.2, -0.15) is 0 Å². The molecule has 22 heavy (non-hydrogen) atoms. The van der Waals surface area contributed by atoms with Gasteiger partial charge < -0.3 is 29.2 Å². The molecule has 3 rings (SSSR count). The lowest BCUT2D eigenvalue weighted by molar-refractivity contribution is -0.232. The normalized spacial score (nSPS) is 34.5. The number of aliphatic hydroxyl groups excluding tert-OH is 2. The molecule has 2 heterocycles. The fraction of sp³-hybridized carbons (Fsp3) is 0.625. The van der Waals surface area contributed by atoms with Gasteiger partial charge in [-0.05, 0) is 19.4 Å². The van der Waals surface area contributed by atoms with Crippen LogP contribution in [0.1, 0.15) is 19.4 Å². The van der Waals surface area contributed by atoms with E-state index in [1.165, 1.54) is 0 Å². The number of hydrogen-bond acceptors (Lipinski definition) is 6. The van der Waals surface area contributed by atoms with Crippen LogP contribution < -0.4 is 0 Å². The van der Waals surface area contributed by atoms with Gasteiger partial charge in [0.1, 0.15) is 24.4 Å². The number of benzene rings is 1. The predicted octanol–water partition coefficient (Wildman–Crippen LogP) is 0.801. The first kappa shape index (κ1) is 15.9. The van der Waals surface area contributed by atoms with Crippen LogP contribution in [0.25, 0.3) is 0 Å². The van der Waals surface area contributed by atoms with Crippen LogP contribution in [0.3, 0.4) is 0 Å². The molecular formula is C16H22O6. The third-order valence-electron chi connectivity index (χ3n) is 3.88. The summed E-state index contributed by atoms with van der Waals surface area (Å²) in [5, 5.41) is 19.1. The molecule has 0 radical (unpaired) electrons. The molecule has 2 N–H and O–H groups in total. The Kier molecular flexibility index (Phi) is 4.49. The van der Waals surface area contributed by atoms with Gasteiger partial charge in [-0.3, -0.25) is 0 Å². The zero-order valence-corrected chi connectivity index (χ0v) is 12.7. The number of hydrogen-bond donors (Lipinski definition) is 2. The first-order chi connectivity index (χ1) is 10.5. The van der Waals surface area contributed by atoms with Crippen LogP contribution in [-0.2, 0) is 25.6 Å². The molecule has 0 aromatic heterocycles. The van der Waals surface area contributed by atoms with Crippen molar-refractivity contribution in [3.8, 4) is 0 Å². The summed E-state index contributed by atoms with van der Waals surface area (Å²) in [6.07, 6.45) is -3.25. The molecule has 2 aliphatic heterocycles. The minimum atomic E-state index is -1.04. The molecule has 6 heteroatoms. The second-order valence-electron chi connectivity index (χ2n) is 6.08. The van der Waals surface area contributed by atoms with E-state index < -0.39 is 43.1 Å². The summed E-state index contributed by atoms with van der Waals surface area (Å²) in [4.78, 5) is 0. The smallest absolute Gasteiger partial charge is 0.190 e. The highest BCUT2D eigenvalue weighted by Gasteiger charge is 2.56. The van der Waals surface area contributed by atoms with E-state index in [0.717, 1.165) is 5.56 Å². The van der Waals surface area contributed by atoms with Crippen LogP contribution in [-0.4, -0.2) is 53.3 Å². The predicted molar refractivity (Wildman–Crippen MR) is 76.8 cm³/mol. The van der Waals surface area contributed by atoms with Gasteiger partial charge in [0.05, 0.1) is 13.2 Å². The molecule has 6 nitrogen and oxygen atoms in total. The van der Waals surface area contributed by atoms with E-state index in [-0.39, 0.29) is 0 Å². The van der Waals surface area contributed by atoms with Crippen molar-refractivity contribution in [3.05, 3.63) is 35.9 Å². The molecule has 0 bridgehead atoms. The van der Waals surface area contributed by atoms with Gasteiger partial charge in [-0.15, -0.1) is 0 Å². The van der Waals surface area contributed by atoms with E-state index in [0.29, 0.717) is 6.61 Å². The van der Waals surface area contributed by atoms with Crippen molar-refractivity contribution in [1.29, 1.82) is 0 Å².